The van der Waals surface area contributed by atoms with E-state index in [2.05, 4.69) is 41.7 Å². The predicted molar refractivity (Wildman–Crippen MR) is 137 cm³/mol. The van der Waals surface area contributed by atoms with Crippen molar-refractivity contribution in [3.05, 3.63) is 59.2 Å². The molecular formula is C27H37N3O3S. The van der Waals surface area contributed by atoms with Crippen molar-refractivity contribution >= 4 is 21.6 Å². The van der Waals surface area contributed by atoms with Crippen LogP contribution in [-0.4, -0.2) is 51.9 Å². The molecule has 184 valence electrons. The number of carbonyl (C=O) groups is 1. The van der Waals surface area contributed by atoms with Gasteiger partial charge in [-0.15, -0.1) is 0 Å². The van der Waals surface area contributed by atoms with Crippen LogP contribution >= 0.6 is 0 Å². The van der Waals surface area contributed by atoms with Gasteiger partial charge in [0.25, 0.3) is 0 Å². The summed E-state index contributed by atoms with van der Waals surface area (Å²) in [6.45, 7) is 9.90. The number of nitrogens with zero attached hydrogens (tertiary/aromatic N) is 2. The topological polar surface area (TPSA) is 69.7 Å². The number of hydrogen-bond donors (Lipinski definition) is 1. The molecule has 34 heavy (non-hydrogen) atoms. The first kappa shape index (κ1) is 24.7. The number of hydrogen-bond acceptors (Lipinski definition) is 4. The van der Waals surface area contributed by atoms with E-state index in [-0.39, 0.29) is 17.7 Å². The van der Waals surface area contributed by atoms with Gasteiger partial charge in [-0.25, -0.2) is 13.1 Å². The Morgan fingerprint density at radius 3 is 2.15 bits per heavy atom. The molecule has 0 spiro atoms. The predicted octanol–water partition coefficient (Wildman–Crippen LogP) is 4.05. The summed E-state index contributed by atoms with van der Waals surface area (Å²) >= 11 is 0. The van der Waals surface area contributed by atoms with Crippen molar-refractivity contribution in [1.29, 1.82) is 0 Å². The lowest BCUT2D eigenvalue weighted by Gasteiger charge is -2.39. The number of piperazine rings is 1. The highest BCUT2D eigenvalue weighted by molar-refractivity contribution is 7.89. The second-order valence-corrected chi connectivity index (χ2v) is 11.8. The molecule has 2 fully saturated rings. The van der Waals surface area contributed by atoms with Crippen LogP contribution in [0, 0.1) is 32.6 Å². The normalized spacial score (nSPS) is 21.5. The molecule has 1 saturated carbocycles. The highest BCUT2D eigenvalue weighted by Crippen LogP contribution is 2.31. The molecule has 1 aliphatic heterocycles. The Bertz CT molecular complexity index is 1100. The Hall–Kier alpha value is -2.38. The number of aryl methyl sites for hydroxylation is 3. The van der Waals surface area contributed by atoms with Gasteiger partial charge in [0.15, 0.2) is 0 Å². The Kier molecular flexibility index (Phi) is 7.63. The summed E-state index contributed by atoms with van der Waals surface area (Å²) in [5.41, 5.74) is 4.85. The van der Waals surface area contributed by atoms with Gasteiger partial charge >= 0.3 is 0 Å². The van der Waals surface area contributed by atoms with E-state index in [9.17, 15) is 13.2 Å². The van der Waals surface area contributed by atoms with Crippen molar-refractivity contribution in [2.24, 2.45) is 11.8 Å². The lowest BCUT2D eigenvalue weighted by molar-refractivity contribution is -0.137. The SMILES string of the molecule is Cc1ccc(S(=O)(=O)NCC2CCC(C(=O)N3CCN(c4cc(C)ccc4C)CC3)CC2)cc1. The Labute approximate surface area is 204 Å². The lowest BCUT2D eigenvalue weighted by Crippen LogP contribution is -2.51. The van der Waals surface area contributed by atoms with E-state index in [1.807, 2.05) is 24.0 Å². The minimum absolute atomic E-state index is 0.0669. The molecule has 2 aliphatic rings. The average Bonchev–Trinajstić information content (AvgIpc) is 2.84. The van der Waals surface area contributed by atoms with Crippen molar-refractivity contribution in [2.45, 2.75) is 51.3 Å². The van der Waals surface area contributed by atoms with Gasteiger partial charge in [0, 0.05) is 44.3 Å². The minimum atomic E-state index is -3.49. The van der Waals surface area contributed by atoms with Gasteiger partial charge in [0.05, 0.1) is 4.90 Å². The first-order valence-electron chi connectivity index (χ1n) is 12.4. The molecule has 1 N–H and O–H groups in total. The molecule has 0 radical (unpaired) electrons. The van der Waals surface area contributed by atoms with Crippen LogP contribution in [0.1, 0.15) is 42.4 Å². The van der Waals surface area contributed by atoms with Crippen LogP contribution in [0.3, 0.4) is 0 Å². The largest absolute Gasteiger partial charge is 0.368 e. The van der Waals surface area contributed by atoms with Crippen molar-refractivity contribution in [1.82, 2.24) is 9.62 Å². The number of anilines is 1. The summed E-state index contributed by atoms with van der Waals surface area (Å²) in [4.78, 5) is 17.9. The molecule has 1 saturated heterocycles. The van der Waals surface area contributed by atoms with Crippen molar-refractivity contribution in [3.63, 3.8) is 0 Å². The van der Waals surface area contributed by atoms with E-state index >= 15 is 0 Å². The minimum Gasteiger partial charge on any atom is -0.368 e. The van der Waals surface area contributed by atoms with Gasteiger partial charge in [-0.2, -0.15) is 0 Å². The zero-order valence-corrected chi connectivity index (χ0v) is 21.4. The molecule has 7 heteroatoms. The third kappa shape index (κ3) is 5.81. The van der Waals surface area contributed by atoms with Gasteiger partial charge in [0.2, 0.25) is 15.9 Å². The number of carbonyl (C=O) groups excluding carboxylic acids is 1. The monoisotopic (exact) mass is 483 g/mol. The summed E-state index contributed by atoms with van der Waals surface area (Å²) in [6.07, 6.45) is 3.45. The molecule has 0 aromatic heterocycles. The quantitative estimate of drug-likeness (QED) is 0.673. The van der Waals surface area contributed by atoms with E-state index < -0.39 is 10.0 Å². The smallest absolute Gasteiger partial charge is 0.240 e. The van der Waals surface area contributed by atoms with E-state index in [0.29, 0.717) is 11.4 Å². The summed E-state index contributed by atoms with van der Waals surface area (Å²) in [6, 6.07) is 13.5. The highest BCUT2D eigenvalue weighted by atomic mass is 32.2. The molecule has 2 aromatic rings. The third-order valence-corrected chi connectivity index (χ3v) is 8.83. The van der Waals surface area contributed by atoms with Gasteiger partial charge in [0.1, 0.15) is 0 Å². The Morgan fingerprint density at radius 2 is 1.50 bits per heavy atom. The van der Waals surface area contributed by atoms with Crippen LogP contribution in [0.5, 0.6) is 0 Å². The maximum atomic E-state index is 13.1. The average molecular weight is 484 g/mol. The lowest BCUT2D eigenvalue weighted by atomic mass is 9.81. The van der Waals surface area contributed by atoms with Gasteiger partial charge in [-0.05, 0) is 81.7 Å². The maximum Gasteiger partial charge on any atom is 0.240 e. The molecule has 4 rings (SSSR count). The molecule has 1 aliphatic carbocycles. The number of rotatable bonds is 6. The number of amides is 1. The van der Waals surface area contributed by atoms with Crippen molar-refractivity contribution in [3.8, 4) is 0 Å². The molecule has 1 amide bonds. The van der Waals surface area contributed by atoms with Crippen molar-refractivity contribution < 1.29 is 13.2 Å². The fraction of sp³-hybridized carbons (Fsp3) is 0.519. The summed E-state index contributed by atoms with van der Waals surface area (Å²) in [7, 11) is -3.49. The molecule has 0 unspecified atom stereocenters. The number of nitrogens with one attached hydrogen (secondary N) is 1. The summed E-state index contributed by atoms with van der Waals surface area (Å²) in [5.74, 6) is 0.627. The van der Waals surface area contributed by atoms with Crippen LogP contribution in [0.15, 0.2) is 47.4 Å². The Morgan fingerprint density at radius 1 is 0.882 bits per heavy atom. The van der Waals surface area contributed by atoms with Crippen LogP contribution in [0.2, 0.25) is 0 Å². The molecule has 6 nitrogen and oxygen atoms in total. The van der Waals surface area contributed by atoms with Crippen LogP contribution < -0.4 is 9.62 Å². The third-order valence-electron chi connectivity index (χ3n) is 7.39. The van der Waals surface area contributed by atoms with E-state index in [1.165, 1.54) is 16.8 Å². The molecular weight excluding hydrogens is 446 g/mol. The Balaban J connectivity index is 1.23. The van der Waals surface area contributed by atoms with Gasteiger partial charge in [-0.1, -0.05) is 29.8 Å². The summed E-state index contributed by atoms with van der Waals surface area (Å²) < 4.78 is 27.9. The zero-order chi connectivity index (χ0) is 24.3. The molecule has 1 heterocycles. The summed E-state index contributed by atoms with van der Waals surface area (Å²) in [5, 5.41) is 0. The second kappa shape index (κ2) is 10.5. The molecule has 2 aromatic carbocycles. The maximum absolute atomic E-state index is 13.1. The van der Waals surface area contributed by atoms with Crippen LogP contribution in [0.4, 0.5) is 5.69 Å². The standard InChI is InChI=1S/C27H37N3O3S/c1-20-5-12-25(13-6-20)34(32,33)28-19-23-8-10-24(11-9-23)27(31)30-16-14-29(15-17-30)26-18-21(2)4-7-22(26)3/h4-7,12-13,18,23-24,28H,8-11,14-17,19H2,1-3H3. The van der Waals surface area contributed by atoms with E-state index in [4.69, 9.17) is 0 Å². The van der Waals surface area contributed by atoms with Crippen molar-refractivity contribution in [2.75, 3.05) is 37.6 Å². The number of benzene rings is 2. The van der Waals surface area contributed by atoms with E-state index in [0.717, 1.165) is 57.4 Å². The zero-order valence-electron chi connectivity index (χ0n) is 20.6. The van der Waals surface area contributed by atoms with Gasteiger partial charge < -0.3 is 9.80 Å². The first-order chi connectivity index (χ1) is 16.2. The second-order valence-electron chi connectivity index (χ2n) is 9.98. The fourth-order valence-electron chi connectivity index (χ4n) is 5.13. The van der Waals surface area contributed by atoms with Crippen LogP contribution in [0.25, 0.3) is 0 Å². The van der Waals surface area contributed by atoms with Gasteiger partial charge in [-0.3, -0.25) is 4.79 Å². The van der Waals surface area contributed by atoms with Crippen LogP contribution in [-0.2, 0) is 14.8 Å². The fourth-order valence-corrected chi connectivity index (χ4v) is 6.24. The highest BCUT2D eigenvalue weighted by Gasteiger charge is 2.31. The molecule has 0 atom stereocenters. The number of sulfonamides is 1. The van der Waals surface area contributed by atoms with E-state index in [1.54, 1.807) is 12.1 Å². The first-order valence-corrected chi connectivity index (χ1v) is 13.9. The molecule has 0 bridgehead atoms.